The number of carbonyl (C=O) groups excluding carboxylic acids is 2. The number of ether oxygens (including phenoxy) is 1. The van der Waals surface area contributed by atoms with Crippen molar-refractivity contribution in [3.8, 4) is 5.75 Å². The van der Waals surface area contributed by atoms with Gasteiger partial charge in [-0.2, -0.15) is 0 Å². The molecule has 0 bridgehead atoms. The minimum absolute atomic E-state index is 0.0140. The fourth-order valence-electron chi connectivity index (χ4n) is 2.77. The second kappa shape index (κ2) is 8.44. The van der Waals surface area contributed by atoms with Crippen molar-refractivity contribution in [2.75, 3.05) is 12.0 Å². The summed E-state index contributed by atoms with van der Waals surface area (Å²) >= 11 is 15.5. The monoisotopic (exact) mass is 586 g/mol. The minimum Gasteiger partial charge on any atom is -0.494 e. The number of aryl methyl sites for hydroxylation is 1. The molecule has 0 saturated carbocycles. The Labute approximate surface area is 192 Å². The third kappa shape index (κ3) is 4.07. The molecule has 1 heterocycles. The molecule has 28 heavy (non-hydrogen) atoms. The molecule has 0 aliphatic carbocycles. The first-order valence-corrected chi connectivity index (χ1v) is 10.7. The topological polar surface area (TPSA) is 58.6 Å². The van der Waals surface area contributed by atoms with E-state index in [9.17, 15) is 9.59 Å². The Kier molecular flexibility index (Phi) is 6.38. The number of nitrogens with one attached hydrogen (secondary N) is 1. The van der Waals surface area contributed by atoms with Gasteiger partial charge >= 0.3 is 0 Å². The van der Waals surface area contributed by atoms with E-state index in [0.717, 1.165) is 10.0 Å². The second-order valence-corrected chi connectivity index (χ2v) is 8.92. The van der Waals surface area contributed by atoms with Crippen molar-refractivity contribution in [2.24, 2.45) is 0 Å². The van der Waals surface area contributed by atoms with Gasteiger partial charge in [0.25, 0.3) is 11.8 Å². The first-order chi connectivity index (χ1) is 13.2. The van der Waals surface area contributed by atoms with E-state index in [1.807, 2.05) is 19.1 Å². The highest BCUT2D eigenvalue weighted by atomic mass is 79.9. The number of carbonyl (C=O) groups is 2. The van der Waals surface area contributed by atoms with Gasteiger partial charge < -0.3 is 4.74 Å². The van der Waals surface area contributed by atoms with Crippen LogP contribution in [-0.2, 0) is 9.59 Å². The normalized spacial score (nSPS) is 15.8. The summed E-state index contributed by atoms with van der Waals surface area (Å²) in [5, 5.41) is 2.64. The molecule has 0 unspecified atom stereocenters. The maximum Gasteiger partial charge on any atom is 0.270 e. The van der Waals surface area contributed by atoms with Crippen LogP contribution < -0.4 is 15.0 Å². The summed E-state index contributed by atoms with van der Waals surface area (Å²) in [5.41, 5.74) is 2.09. The van der Waals surface area contributed by atoms with Crippen LogP contribution in [0.2, 0.25) is 0 Å². The Morgan fingerprint density at radius 1 is 1.11 bits per heavy atom. The van der Waals surface area contributed by atoms with Crippen molar-refractivity contribution < 1.29 is 14.3 Å². The zero-order valence-electron chi connectivity index (χ0n) is 14.7. The van der Waals surface area contributed by atoms with Crippen LogP contribution in [0.25, 0.3) is 6.08 Å². The molecular weight excluding hydrogens is 576 g/mol. The molecule has 5 nitrogen and oxygen atoms in total. The largest absolute Gasteiger partial charge is 0.494 e. The lowest BCUT2D eigenvalue weighted by Gasteiger charge is -2.30. The number of thiocarbonyl (C=S) groups is 1. The number of halogens is 3. The van der Waals surface area contributed by atoms with E-state index < -0.39 is 11.8 Å². The molecule has 0 radical (unpaired) electrons. The van der Waals surface area contributed by atoms with Crippen LogP contribution in [0.3, 0.4) is 0 Å². The van der Waals surface area contributed by atoms with Crippen molar-refractivity contribution in [3.63, 3.8) is 0 Å². The lowest BCUT2D eigenvalue weighted by molar-refractivity contribution is -0.122. The third-order valence-corrected chi connectivity index (χ3v) is 5.99. The molecule has 1 aliphatic heterocycles. The summed E-state index contributed by atoms with van der Waals surface area (Å²) in [6, 6.07) is 9.00. The number of hydrogen-bond acceptors (Lipinski definition) is 4. The Balaban J connectivity index is 2.06. The van der Waals surface area contributed by atoms with Crippen LogP contribution in [0.5, 0.6) is 5.75 Å². The highest BCUT2D eigenvalue weighted by Crippen LogP contribution is 2.35. The van der Waals surface area contributed by atoms with E-state index in [4.69, 9.17) is 17.0 Å². The van der Waals surface area contributed by atoms with Crippen molar-refractivity contribution in [3.05, 3.63) is 60.5 Å². The number of amides is 2. The average Bonchev–Trinajstić information content (AvgIpc) is 2.60. The van der Waals surface area contributed by atoms with Gasteiger partial charge in [-0.3, -0.25) is 19.8 Å². The smallest absolute Gasteiger partial charge is 0.270 e. The van der Waals surface area contributed by atoms with Gasteiger partial charge in [0.1, 0.15) is 11.3 Å². The summed E-state index contributed by atoms with van der Waals surface area (Å²) in [4.78, 5) is 26.9. The fourth-order valence-corrected chi connectivity index (χ4v) is 5.07. The maximum absolute atomic E-state index is 13.1. The molecular formula is C19H13Br3N2O3S. The van der Waals surface area contributed by atoms with Crippen molar-refractivity contribution in [1.29, 1.82) is 0 Å². The second-order valence-electron chi connectivity index (χ2n) is 5.91. The molecule has 3 rings (SSSR count). The molecule has 2 amide bonds. The Morgan fingerprint density at radius 2 is 1.75 bits per heavy atom. The van der Waals surface area contributed by atoms with E-state index in [1.165, 1.54) is 11.0 Å². The highest BCUT2D eigenvalue weighted by molar-refractivity contribution is 9.11. The minimum atomic E-state index is -0.538. The molecule has 1 fully saturated rings. The van der Waals surface area contributed by atoms with Crippen molar-refractivity contribution >= 4 is 88.7 Å². The van der Waals surface area contributed by atoms with Crippen LogP contribution in [0.4, 0.5) is 5.69 Å². The van der Waals surface area contributed by atoms with Gasteiger partial charge in [-0.05, 0) is 98.5 Å². The summed E-state index contributed by atoms with van der Waals surface area (Å²) in [5.74, 6) is -0.402. The molecule has 2 aromatic carbocycles. The van der Waals surface area contributed by atoms with Crippen LogP contribution in [0.15, 0.2) is 49.3 Å². The summed E-state index contributed by atoms with van der Waals surface area (Å²) < 4.78 is 7.55. The number of rotatable bonds is 3. The van der Waals surface area contributed by atoms with Gasteiger partial charge in [0, 0.05) is 4.47 Å². The molecule has 1 N–H and O–H groups in total. The Hall–Kier alpha value is -1.55. The molecule has 2 aromatic rings. The number of nitrogens with zero attached hydrogens (tertiary/aromatic N) is 1. The molecule has 0 atom stereocenters. The molecule has 0 spiro atoms. The number of anilines is 1. The third-order valence-electron chi connectivity index (χ3n) is 4.04. The molecule has 9 heteroatoms. The zero-order chi connectivity index (χ0) is 20.6. The maximum atomic E-state index is 13.1. The molecule has 1 saturated heterocycles. The SMILES string of the molecule is COc1c(Br)cc(/C=C2\C(=O)NC(=S)N(c3ccc(Br)cc3C)C2=O)cc1Br. The Bertz CT molecular complexity index is 1030. The number of methoxy groups -OCH3 is 1. The van der Waals surface area contributed by atoms with Crippen LogP contribution in [0, 0.1) is 6.92 Å². The van der Waals surface area contributed by atoms with Crippen molar-refractivity contribution in [1.82, 2.24) is 5.32 Å². The first kappa shape index (κ1) is 21.2. The van der Waals surface area contributed by atoms with Crippen LogP contribution in [0.1, 0.15) is 11.1 Å². The molecule has 0 aromatic heterocycles. The average molecular weight is 589 g/mol. The number of benzene rings is 2. The standard InChI is InChI=1S/C19H13Br3N2O3S/c1-9-5-11(20)3-4-15(9)24-18(26)12(17(25)23-19(24)28)6-10-7-13(21)16(27-2)14(22)8-10/h3-8H,1-2H3,(H,23,25,28)/b12-6+. The van der Waals surface area contributed by atoms with Gasteiger partial charge in [0.2, 0.25) is 0 Å². The predicted molar refractivity (Wildman–Crippen MR) is 123 cm³/mol. The Morgan fingerprint density at radius 3 is 2.32 bits per heavy atom. The predicted octanol–water partition coefficient (Wildman–Crippen LogP) is 5.12. The fraction of sp³-hybridized carbons (Fsp3) is 0.105. The van der Waals surface area contributed by atoms with Gasteiger partial charge in [0.05, 0.1) is 21.7 Å². The lowest BCUT2D eigenvalue weighted by atomic mass is 10.1. The molecule has 144 valence electrons. The lowest BCUT2D eigenvalue weighted by Crippen LogP contribution is -2.54. The van der Waals surface area contributed by atoms with Gasteiger partial charge in [-0.15, -0.1) is 0 Å². The summed E-state index contributed by atoms with van der Waals surface area (Å²) in [6.07, 6.45) is 1.52. The van der Waals surface area contributed by atoms with Gasteiger partial charge in [0.15, 0.2) is 5.11 Å². The van der Waals surface area contributed by atoms with E-state index in [0.29, 0.717) is 25.9 Å². The van der Waals surface area contributed by atoms with Crippen molar-refractivity contribution in [2.45, 2.75) is 6.92 Å². The van der Waals surface area contributed by atoms with Crippen LogP contribution >= 0.6 is 60.0 Å². The summed E-state index contributed by atoms with van der Waals surface area (Å²) in [6.45, 7) is 1.87. The molecule has 1 aliphatic rings. The van der Waals surface area contributed by atoms with E-state index in [1.54, 1.807) is 25.3 Å². The van der Waals surface area contributed by atoms with E-state index in [2.05, 4.69) is 53.1 Å². The quantitative estimate of drug-likeness (QED) is 0.307. The summed E-state index contributed by atoms with van der Waals surface area (Å²) in [7, 11) is 1.56. The van der Waals surface area contributed by atoms with E-state index in [-0.39, 0.29) is 10.7 Å². The van der Waals surface area contributed by atoms with E-state index >= 15 is 0 Å². The zero-order valence-corrected chi connectivity index (χ0v) is 20.3. The van der Waals surface area contributed by atoms with Gasteiger partial charge in [-0.1, -0.05) is 15.9 Å². The van der Waals surface area contributed by atoms with Gasteiger partial charge in [-0.25, -0.2) is 0 Å². The first-order valence-electron chi connectivity index (χ1n) is 7.93. The highest BCUT2D eigenvalue weighted by Gasteiger charge is 2.35. The van der Waals surface area contributed by atoms with Crippen LogP contribution in [-0.4, -0.2) is 24.0 Å². The number of hydrogen-bond donors (Lipinski definition) is 1.